The predicted octanol–water partition coefficient (Wildman–Crippen LogP) is 7.14. The molecule has 1 aromatic carbocycles. The normalized spacial score (nSPS) is 35.9. The van der Waals surface area contributed by atoms with Crippen LogP contribution < -0.4 is 5.32 Å². The maximum atomic E-state index is 13.3. The molecular weight excluding hydrogens is 447 g/mol. The number of benzene rings is 1. The number of aromatic nitrogens is 1. The molecule has 6 rings (SSSR count). The lowest BCUT2D eigenvalue weighted by Gasteiger charge is -2.56. The average molecular weight is 481 g/mol. The van der Waals surface area contributed by atoms with Gasteiger partial charge in [0, 0.05) is 18.0 Å². The van der Waals surface area contributed by atoms with Crippen LogP contribution in [0.2, 0.25) is 0 Å². The fraction of sp³-hybridized carbons (Fsp3) is 0.571. The molecule has 1 aromatic heterocycles. The van der Waals surface area contributed by atoms with Gasteiger partial charge < -0.3 is 10.1 Å². The molecule has 1 N–H and O–H groups in total. The third-order valence-corrected chi connectivity index (χ3v) is 10.7. The van der Waals surface area contributed by atoms with Crippen LogP contribution in [0.3, 0.4) is 0 Å². The van der Waals surface area contributed by atoms with Crippen LogP contribution >= 0.6 is 11.3 Å². The number of allylic oxidation sites excluding steroid dienone is 2. The summed E-state index contributed by atoms with van der Waals surface area (Å²) in [5, 5.41) is 4.27. The van der Waals surface area contributed by atoms with E-state index in [1.807, 2.05) is 0 Å². The monoisotopic (exact) mass is 480 g/mol. The summed E-state index contributed by atoms with van der Waals surface area (Å²) in [6.07, 6.45) is 10.4. The van der Waals surface area contributed by atoms with Crippen LogP contribution in [0, 0.1) is 34.4 Å². The van der Waals surface area contributed by atoms with Crippen LogP contribution in [-0.2, 0) is 16.0 Å². The average Bonchev–Trinajstić information content (AvgIpc) is 3.35. The number of thiazole rings is 1. The largest absolute Gasteiger partial charge is 0.462 e. The summed E-state index contributed by atoms with van der Waals surface area (Å²) < 4.78 is 19.1. The molecule has 34 heavy (non-hydrogen) atoms. The molecule has 0 radical (unpaired) electrons. The van der Waals surface area contributed by atoms with E-state index in [2.05, 4.69) is 25.2 Å². The fourth-order valence-electron chi connectivity index (χ4n) is 7.93. The summed E-state index contributed by atoms with van der Waals surface area (Å²) in [7, 11) is 0. The highest BCUT2D eigenvalue weighted by Crippen LogP contribution is 2.66. The number of rotatable bonds is 3. The molecule has 0 aliphatic heterocycles. The van der Waals surface area contributed by atoms with Crippen LogP contribution in [0.25, 0.3) is 5.57 Å². The van der Waals surface area contributed by atoms with Crippen molar-refractivity contribution < 1.29 is 13.9 Å². The number of esters is 1. The zero-order valence-corrected chi connectivity index (χ0v) is 21.0. The van der Waals surface area contributed by atoms with Crippen molar-refractivity contribution in [3.63, 3.8) is 0 Å². The van der Waals surface area contributed by atoms with E-state index in [4.69, 9.17) is 9.72 Å². The molecule has 2 aromatic rings. The third kappa shape index (κ3) is 3.35. The van der Waals surface area contributed by atoms with Gasteiger partial charge in [-0.05, 0) is 98.0 Å². The lowest BCUT2D eigenvalue weighted by Crippen LogP contribution is -2.50. The van der Waals surface area contributed by atoms with Crippen molar-refractivity contribution in [1.82, 2.24) is 4.98 Å². The van der Waals surface area contributed by atoms with Gasteiger partial charge in [-0.1, -0.05) is 31.3 Å². The second-order valence-electron chi connectivity index (χ2n) is 11.3. The predicted molar refractivity (Wildman–Crippen MR) is 133 cm³/mol. The Balaban J connectivity index is 1.28. The smallest absolute Gasteiger partial charge is 0.302 e. The molecule has 6 atom stereocenters. The number of nitrogens with one attached hydrogen (secondary N) is 1. The number of hydrogen-bond donors (Lipinski definition) is 1. The SMILES string of the molecule is CC(=O)O[C@H]1CC[C@H]2[C@@H]3CC=C4c5sc(Nc6ccc(F)cc6)nc5CC[C@]4(C)[C@H]3CC[C@]12C. The lowest BCUT2D eigenvalue weighted by molar-refractivity contribution is -0.156. The number of fused-ring (bicyclic) bond motifs is 7. The number of aryl methyl sites for hydroxylation is 1. The highest BCUT2D eigenvalue weighted by Gasteiger charge is 2.59. The minimum Gasteiger partial charge on any atom is -0.462 e. The molecule has 0 amide bonds. The minimum absolute atomic E-state index is 0.0775. The first-order chi connectivity index (χ1) is 16.3. The first-order valence-electron chi connectivity index (χ1n) is 12.7. The summed E-state index contributed by atoms with van der Waals surface area (Å²) >= 11 is 1.74. The van der Waals surface area contributed by atoms with Gasteiger partial charge in [0.15, 0.2) is 5.13 Å². The van der Waals surface area contributed by atoms with E-state index in [0.717, 1.165) is 42.9 Å². The number of halogens is 1. The van der Waals surface area contributed by atoms with Crippen LogP contribution in [0.4, 0.5) is 15.2 Å². The van der Waals surface area contributed by atoms with Crippen molar-refractivity contribution in [1.29, 1.82) is 0 Å². The molecule has 180 valence electrons. The van der Waals surface area contributed by atoms with E-state index >= 15 is 0 Å². The van der Waals surface area contributed by atoms with Gasteiger partial charge in [0.2, 0.25) is 0 Å². The van der Waals surface area contributed by atoms with Gasteiger partial charge in [-0.3, -0.25) is 4.79 Å². The van der Waals surface area contributed by atoms with Crippen LogP contribution in [0.5, 0.6) is 0 Å². The van der Waals surface area contributed by atoms with Gasteiger partial charge in [-0.25, -0.2) is 9.37 Å². The Morgan fingerprint density at radius 1 is 1.15 bits per heavy atom. The minimum atomic E-state index is -0.230. The molecule has 4 nitrogen and oxygen atoms in total. The maximum absolute atomic E-state index is 13.3. The van der Waals surface area contributed by atoms with Gasteiger partial charge in [0.1, 0.15) is 11.9 Å². The van der Waals surface area contributed by atoms with E-state index in [1.54, 1.807) is 30.4 Å². The number of nitrogens with zero attached hydrogens (tertiary/aromatic N) is 1. The highest BCUT2D eigenvalue weighted by molar-refractivity contribution is 7.16. The summed E-state index contributed by atoms with van der Waals surface area (Å²) in [6, 6.07) is 6.47. The summed E-state index contributed by atoms with van der Waals surface area (Å²) in [5.74, 6) is 1.60. The zero-order chi connectivity index (χ0) is 23.7. The number of anilines is 2. The molecule has 6 heteroatoms. The molecule has 2 saturated carbocycles. The first-order valence-corrected chi connectivity index (χ1v) is 13.5. The Morgan fingerprint density at radius 2 is 1.94 bits per heavy atom. The van der Waals surface area contributed by atoms with E-state index in [-0.39, 0.29) is 28.7 Å². The van der Waals surface area contributed by atoms with Crippen molar-refractivity contribution >= 4 is 33.7 Å². The molecule has 4 aliphatic rings. The van der Waals surface area contributed by atoms with E-state index < -0.39 is 0 Å². The van der Waals surface area contributed by atoms with Gasteiger partial charge >= 0.3 is 5.97 Å². The van der Waals surface area contributed by atoms with Gasteiger partial charge in [-0.2, -0.15) is 0 Å². The van der Waals surface area contributed by atoms with Crippen molar-refractivity contribution in [3.05, 3.63) is 46.7 Å². The number of carbonyl (C=O) groups is 1. The Hall–Kier alpha value is -2.21. The molecule has 4 aliphatic carbocycles. The molecular formula is C28H33FN2O2S. The Morgan fingerprint density at radius 3 is 2.71 bits per heavy atom. The van der Waals surface area contributed by atoms with Crippen LogP contribution in [-0.4, -0.2) is 17.1 Å². The van der Waals surface area contributed by atoms with Gasteiger partial charge in [0.25, 0.3) is 0 Å². The van der Waals surface area contributed by atoms with Gasteiger partial charge in [-0.15, -0.1) is 0 Å². The Labute approximate surface area is 205 Å². The van der Waals surface area contributed by atoms with Crippen LogP contribution in [0.1, 0.15) is 69.9 Å². The van der Waals surface area contributed by atoms with E-state index in [0.29, 0.717) is 17.8 Å². The fourth-order valence-corrected chi connectivity index (χ4v) is 9.14. The molecule has 2 fully saturated rings. The highest BCUT2D eigenvalue weighted by atomic mass is 32.1. The van der Waals surface area contributed by atoms with Crippen molar-refractivity contribution in [2.24, 2.45) is 28.6 Å². The molecule has 0 spiro atoms. The van der Waals surface area contributed by atoms with Crippen molar-refractivity contribution in [2.75, 3.05) is 5.32 Å². The molecule has 0 unspecified atom stereocenters. The number of carbonyl (C=O) groups excluding carboxylic acids is 1. The number of hydrogen-bond acceptors (Lipinski definition) is 5. The van der Waals surface area contributed by atoms with Crippen molar-refractivity contribution in [2.45, 2.75) is 71.8 Å². The Kier molecular flexibility index (Phi) is 5.18. The summed E-state index contributed by atoms with van der Waals surface area (Å²) in [6.45, 7) is 6.42. The van der Waals surface area contributed by atoms with Crippen LogP contribution in [0.15, 0.2) is 30.3 Å². The molecule has 0 bridgehead atoms. The van der Waals surface area contributed by atoms with Gasteiger partial charge in [0.05, 0.1) is 10.6 Å². The first kappa shape index (κ1) is 22.3. The number of ether oxygens (including phenoxy) is 1. The second kappa shape index (κ2) is 7.91. The second-order valence-corrected chi connectivity index (χ2v) is 12.3. The topological polar surface area (TPSA) is 51.2 Å². The standard InChI is InChI=1S/C28H33FN2O2S/c1-16(32)33-24-11-10-20-19-8-9-22-25-23(13-15-27(22,2)21(19)12-14-28(20,24)3)31-26(34-25)30-18-6-4-17(29)5-7-18/h4-7,9,19-21,24H,8,10-15H2,1-3H3,(H,30,31)/t19-,20-,21-,24-,27+,28-/m0/s1. The Bertz CT molecular complexity index is 1160. The zero-order valence-electron chi connectivity index (χ0n) is 20.2. The molecule has 0 saturated heterocycles. The maximum Gasteiger partial charge on any atom is 0.302 e. The van der Waals surface area contributed by atoms with Crippen molar-refractivity contribution in [3.8, 4) is 0 Å². The quantitative estimate of drug-likeness (QED) is 0.474. The van der Waals surface area contributed by atoms with E-state index in [1.165, 1.54) is 41.1 Å². The summed E-state index contributed by atoms with van der Waals surface area (Å²) in [5.41, 5.74) is 3.86. The lowest BCUT2D eigenvalue weighted by atomic mass is 9.48. The van der Waals surface area contributed by atoms with E-state index in [9.17, 15) is 9.18 Å². The molecule has 1 heterocycles. The summed E-state index contributed by atoms with van der Waals surface area (Å²) in [4.78, 5) is 18.0. The third-order valence-electron chi connectivity index (χ3n) is 9.60.